The van der Waals surface area contributed by atoms with Crippen molar-refractivity contribution in [1.29, 1.82) is 0 Å². The topological polar surface area (TPSA) is 63.6 Å². The van der Waals surface area contributed by atoms with E-state index in [1.165, 1.54) is 18.2 Å². The van der Waals surface area contributed by atoms with Crippen LogP contribution in [0.4, 0.5) is 0 Å². The van der Waals surface area contributed by atoms with Crippen molar-refractivity contribution in [2.75, 3.05) is 0 Å². The predicted molar refractivity (Wildman–Crippen MR) is 74.5 cm³/mol. The molecule has 0 aliphatic rings. The highest BCUT2D eigenvalue weighted by atomic mass is 35.5. The molecule has 0 saturated carbocycles. The number of hydrogen-bond donors (Lipinski definition) is 1. The molecule has 2 rings (SSSR count). The zero-order valence-corrected chi connectivity index (χ0v) is 11.3. The van der Waals surface area contributed by atoms with Crippen molar-refractivity contribution in [3.63, 3.8) is 0 Å². The molecule has 0 heterocycles. The van der Waals surface area contributed by atoms with Gasteiger partial charge in [-0.2, -0.15) is 0 Å². The summed E-state index contributed by atoms with van der Waals surface area (Å²) in [5.74, 6) is -1.86. The molecule has 0 amide bonds. The summed E-state index contributed by atoms with van der Waals surface area (Å²) in [6, 6.07) is 10.9. The Morgan fingerprint density at radius 1 is 1.15 bits per heavy atom. The van der Waals surface area contributed by atoms with Crippen LogP contribution in [0.15, 0.2) is 42.5 Å². The fourth-order valence-electron chi connectivity index (χ4n) is 1.69. The summed E-state index contributed by atoms with van der Waals surface area (Å²) in [4.78, 5) is 23.1. The first-order chi connectivity index (χ1) is 9.47. The monoisotopic (exact) mass is 290 g/mol. The van der Waals surface area contributed by atoms with Crippen LogP contribution < -0.4 is 4.74 Å². The summed E-state index contributed by atoms with van der Waals surface area (Å²) in [6.45, 7) is 1.85. The third-order valence-electron chi connectivity index (χ3n) is 2.63. The van der Waals surface area contributed by atoms with Crippen LogP contribution in [-0.2, 0) is 0 Å². The Morgan fingerprint density at radius 3 is 2.55 bits per heavy atom. The smallest absolute Gasteiger partial charge is 0.343 e. The first kappa shape index (κ1) is 14.1. The maximum absolute atomic E-state index is 12.0. The molecule has 0 bridgehead atoms. The van der Waals surface area contributed by atoms with Crippen molar-refractivity contribution >= 4 is 23.5 Å². The van der Waals surface area contributed by atoms with Crippen LogP contribution in [0.3, 0.4) is 0 Å². The second-order valence-electron chi connectivity index (χ2n) is 4.20. The van der Waals surface area contributed by atoms with Gasteiger partial charge in [0, 0.05) is 5.02 Å². The molecular weight excluding hydrogens is 280 g/mol. The Labute approximate surface area is 120 Å². The van der Waals surface area contributed by atoms with Gasteiger partial charge in [0.1, 0.15) is 11.3 Å². The van der Waals surface area contributed by atoms with E-state index < -0.39 is 11.9 Å². The molecule has 0 radical (unpaired) electrons. The lowest BCUT2D eigenvalue weighted by atomic mass is 10.1. The second kappa shape index (κ2) is 5.75. The lowest BCUT2D eigenvalue weighted by Crippen LogP contribution is -2.11. The van der Waals surface area contributed by atoms with Crippen molar-refractivity contribution in [2.45, 2.75) is 6.92 Å². The molecular formula is C15H11ClO4. The van der Waals surface area contributed by atoms with Crippen molar-refractivity contribution in [3.05, 3.63) is 64.2 Å². The molecule has 102 valence electrons. The second-order valence-corrected chi connectivity index (χ2v) is 4.64. The average Bonchev–Trinajstić information content (AvgIpc) is 2.40. The first-order valence-electron chi connectivity index (χ1n) is 5.79. The molecule has 20 heavy (non-hydrogen) atoms. The molecule has 0 unspecified atom stereocenters. The maximum Gasteiger partial charge on any atom is 0.343 e. The first-order valence-corrected chi connectivity index (χ1v) is 6.17. The Morgan fingerprint density at radius 2 is 1.90 bits per heavy atom. The largest absolute Gasteiger partial charge is 0.478 e. The van der Waals surface area contributed by atoms with Gasteiger partial charge in [0.15, 0.2) is 0 Å². The number of carboxylic acid groups (broad SMARTS) is 1. The van der Waals surface area contributed by atoms with Crippen LogP contribution in [0, 0.1) is 6.92 Å². The molecule has 0 aromatic heterocycles. The van der Waals surface area contributed by atoms with Gasteiger partial charge in [0.25, 0.3) is 0 Å². The molecule has 0 aliphatic heterocycles. The van der Waals surface area contributed by atoms with Gasteiger partial charge in [0.2, 0.25) is 0 Å². The molecule has 0 atom stereocenters. The van der Waals surface area contributed by atoms with Gasteiger partial charge in [0.05, 0.1) is 5.56 Å². The Kier molecular flexibility index (Phi) is 4.05. The number of esters is 1. The lowest BCUT2D eigenvalue weighted by Gasteiger charge is -2.08. The summed E-state index contributed by atoms with van der Waals surface area (Å²) in [6.07, 6.45) is 0. The average molecular weight is 291 g/mol. The van der Waals surface area contributed by atoms with E-state index in [2.05, 4.69) is 0 Å². The van der Waals surface area contributed by atoms with E-state index in [0.29, 0.717) is 5.56 Å². The van der Waals surface area contributed by atoms with Crippen molar-refractivity contribution in [3.8, 4) is 5.75 Å². The van der Waals surface area contributed by atoms with Crippen LogP contribution in [-0.4, -0.2) is 17.0 Å². The lowest BCUT2D eigenvalue weighted by molar-refractivity contribution is 0.0681. The fourth-order valence-corrected chi connectivity index (χ4v) is 1.86. The summed E-state index contributed by atoms with van der Waals surface area (Å²) in [5, 5.41) is 9.33. The number of ether oxygens (including phenoxy) is 1. The minimum absolute atomic E-state index is 0.0339. The SMILES string of the molecule is Cc1cccc(C(=O)Oc2ccc(Cl)cc2C(=O)O)c1. The maximum atomic E-state index is 12.0. The quantitative estimate of drug-likeness (QED) is 0.693. The normalized spacial score (nSPS) is 10.1. The van der Waals surface area contributed by atoms with Gasteiger partial charge in [-0.3, -0.25) is 0 Å². The third kappa shape index (κ3) is 3.16. The van der Waals surface area contributed by atoms with Crippen molar-refractivity contribution in [2.24, 2.45) is 0 Å². The fraction of sp³-hybridized carbons (Fsp3) is 0.0667. The van der Waals surface area contributed by atoms with Crippen molar-refractivity contribution in [1.82, 2.24) is 0 Å². The Hall–Kier alpha value is -2.33. The molecule has 0 fully saturated rings. The van der Waals surface area contributed by atoms with E-state index in [9.17, 15) is 9.59 Å². The van der Waals surface area contributed by atoms with E-state index in [1.54, 1.807) is 18.2 Å². The molecule has 0 aliphatic carbocycles. The van der Waals surface area contributed by atoms with Crippen LogP contribution in [0.1, 0.15) is 26.3 Å². The van der Waals surface area contributed by atoms with E-state index >= 15 is 0 Å². The van der Waals surface area contributed by atoms with Gasteiger partial charge >= 0.3 is 11.9 Å². The van der Waals surface area contributed by atoms with Crippen LogP contribution in [0.25, 0.3) is 0 Å². The summed E-state index contributed by atoms with van der Waals surface area (Å²) in [5.41, 5.74) is 1.11. The number of hydrogen-bond acceptors (Lipinski definition) is 3. The van der Waals surface area contributed by atoms with E-state index in [1.807, 2.05) is 13.0 Å². The highest BCUT2D eigenvalue weighted by Crippen LogP contribution is 2.24. The van der Waals surface area contributed by atoms with E-state index in [4.69, 9.17) is 21.4 Å². The van der Waals surface area contributed by atoms with Gasteiger partial charge in [-0.05, 0) is 37.3 Å². The standard InChI is InChI=1S/C15H11ClO4/c1-9-3-2-4-10(7-9)15(19)20-13-6-5-11(16)8-12(13)14(17)18/h2-8H,1H3,(H,17,18). The highest BCUT2D eigenvalue weighted by molar-refractivity contribution is 6.31. The number of aryl methyl sites for hydroxylation is 1. The number of carboxylic acids is 1. The minimum atomic E-state index is -1.21. The van der Waals surface area contributed by atoms with Crippen LogP contribution in [0.5, 0.6) is 5.75 Å². The zero-order chi connectivity index (χ0) is 14.7. The third-order valence-corrected chi connectivity index (χ3v) is 2.86. The van der Waals surface area contributed by atoms with Gasteiger partial charge in [-0.15, -0.1) is 0 Å². The van der Waals surface area contributed by atoms with E-state index in [0.717, 1.165) is 5.56 Å². The number of halogens is 1. The molecule has 0 spiro atoms. The minimum Gasteiger partial charge on any atom is -0.478 e. The molecule has 2 aromatic carbocycles. The predicted octanol–water partition coefficient (Wildman–Crippen LogP) is 3.57. The highest BCUT2D eigenvalue weighted by Gasteiger charge is 2.16. The van der Waals surface area contributed by atoms with E-state index in [-0.39, 0.29) is 16.3 Å². The Balaban J connectivity index is 2.30. The molecule has 4 nitrogen and oxygen atoms in total. The van der Waals surface area contributed by atoms with Crippen LogP contribution in [0.2, 0.25) is 5.02 Å². The molecule has 1 N–H and O–H groups in total. The van der Waals surface area contributed by atoms with Gasteiger partial charge < -0.3 is 9.84 Å². The summed E-state index contributed by atoms with van der Waals surface area (Å²) in [7, 11) is 0. The molecule has 0 saturated heterocycles. The number of carbonyl (C=O) groups excluding carboxylic acids is 1. The number of benzene rings is 2. The number of aromatic carboxylic acids is 1. The Bertz CT molecular complexity index is 679. The van der Waals surface area contributed by atoms with Crippen LogP contribution >= 0.6 is 11.6 Å². The summed E-state index contributed by atoms with van der Waals surface area (Å²) >= 11 is 5.73. The number of rotatable bonds is 3. The zero-order valence-electron chi connectivity index (χ0n) is 10.6. The molecule has 5 heteroatoms. The molecule has 2 aromatic rings. The van der Waals surface area contributed by atoms with Gasteiger partial charge in [-0.25, -0.2) is 9.59 Å². The number of carbonyl (C=O) groups is 2. The van der Waals surface area contributed by atoms with Gasteiger partial charge in [-0.1, -0.05) is 29.3 Å². The summed E-state index contributed by atoms with van der Waals surface area (Å²) < 4.78 is 5.12. The van der Waals surface area contributed by atoms with Crippen molar-refractivity contribution < 1.29 is 19.4 Å².